The van der Waals surface area contributed by atoms with Crippen LogP contribution in [0, 0.1) is 18.7 Å². The van der Waals surface area contributed by atoms with Crippen LogP contribution in [0.5, 0.6) is 0 Å². The lowest BCUT2D eigenvalue weighted by atomic mass is 9.85. The maximum absolute atomic E-state index is 14.5. The Balaban J connectivity index is 1.39. The number of anilines is 1. The van der Waals surface area contributed by atoms with E-state index in [9.17, 15) is 9.18 Å². The second-order valence-corrected chi connectivity index (χ2v) is 9.06. The number of fused-ring (bicyclic) bond motifs is 3. The van der Waals surface area contributed by atoms with Crippen molar-refractivity contribution in [3.63, 3.8) is 0 Å². The zero-order chi connectivity index (χ0) is 22.0. The van der Waals surface area contributed by atoms with Gasteiger partial charge < -0.3 is 15.0 Å². The molecule has 4 heterocycles. The fraction of sp³-hybridized carbons (Fsp3) is 0.375. The summed E-state index contributed by atoms with van der Waals surface area (Å²) in [5.41, 5.74) is 4.05. The molecule has 1 saturated carbocycles. The van der Waals surface area contributed by atoms with Crippen molar-refractivity contribution in [1.82, 2.24) is 24.5 Å². The predicted octanol–water partition coefficient (Wildman–Crippen LogP) is 3.65. The lowest BCUT2D eigenvalue weighted by molar-refractivity contribution is 0.102. The quantitative estimate of drug-likeness (QED) is 0.516. The van der Waals surface area contributed by atoms with Crippen molar-refractivity contribution in [2.24, 2.45) is 5.92 Å². The van der Waals surface area contributed by atoms with E-state index in [0.29, 0.717) is 28.4 Å². The summed E-state index contributed by atoms with van der Waals surface area (Å²) < 4.78 is 17.9. The number of hydrogen-bond acceptors (Lipinski definition) is 4. The van der Waals surface area contributed by atoms with E-state index in [1.165, 1.54) is 18.1 Å². The normalized spacial score (nSPS) is 22.3. The highest BCUT2D eigenvalue weighted by Crippen LogP contribution is 2.59. The molecule has 1 aliphatic heterocycles. The molecule has 1 amide bonds. The van der Waals surface area contributed by atoms with Crippen LogP contribution in [-0.4, -0.2) is 38.2 Å². The van der Waals surface area contributed by atoms with Crippen LogP contribution < -0.4 is 10.6 Å². The van der Waals surface area contributed by atoms with Crippen molar-refractivity contribution in [3.8, 4) is 0 Å². The van der Waals surface area contributed by atoms with Gasteiger partial charge in [0.05, 0.1) is 16.9 Å². The molecule has 1 aromatic carbocycles. The van der Waals surface area contributed by atoms with Crippen molar-refractivity contribution in [2.75, 3.05) is 18.4 Å². The van der Waals surface area contributed by atoms with Gasteiger partial charge in [0.15, 0.2) is 11.5 Å². The number of carbonyl (C=O) groups excluding carboxylic acids is 1. The maximum atomic E-state index is 14.5. The second-order valence-electron chi connectivity index (χ2n) is 9.06. The summed E-state index contributed by atoms with van der Waals surface area (Å²) in [7, 11) is 0. The van der Waals surface area contributed by atoms with Gasteiger partial charge in [-0.15, -0.1) is 0 Å². The first-order valence-corrected chi connectivity index (χ1v) is 11.2. The molecule has 2 N–H and O–H groups in total. The van der Waals surface area contributed by atoms with Crippen molar-refractivity contribution < 1.29 is 9.18 Å². The van der Waals surface area contributed by atoms with Crippen LogP contribution in [0.3, 0.4) is 0 Å². The highest BCUT2D eigenvalue weighted by Gasteiger charge is 2.56. The zero-order valence-electron chi connectivity index (χ0n) is 18.2. The molecule has 8 heteroatoms. The van der Waals surface area contributed by atoms with Crippen LogP contribution in [0.4, 0.5) is 10.1 Å². The molecule has 2 atom stereocenters. The summed E-state index contributed by atoms with van der Waals surface area (Å²) in [4.78, 5) is 17.4. The summed E-state index contributed by atoms with van der Waals surface area (Å²) in [5.74, 6) is -0.123. The molecular formula is C24H25FN6O. The number of hydrogen-bond donors (Lipinski definition) is 2. The number of halogens is 1. The molecule has 1 aliphatic carbocycles. The third-order valence-corrected chi connectivity index (χ3v) is 7.08. The molecule has 2 aliphatic rings. The maximum Gasteiger partial charge on any atom is 0.257 e. The van der Waals surface area contributed by atoms with Crippen LogP contribution >= 0.6 is 0 Å². The van der Waals surface area contributed by atoms with E-state index in [2.05, 4.69) is 27.9 Å². The first-order chi connectivity index (χ1) is 15.5. The number of imidazole rings is 1. The van der Waals surface area contributed by atoms with Gasteiger partial charge in [0.2, 0.25) is 0 Å². The lowest BCUT2D eigenvalue weighted by Gasteiger charge is -2.24. The number of nitrogens with zero attached hydrogens (tertiary/aromatic N) is 4. The number of aromatic nitrogens is 4. The highest BCUT2D eigenvalue weighted by atomic mass is 19.1. The number of nitrogens with one attached hydrogen (secondary N) is 2. The minimum Gasteiger partial charge on any atom is -0.320 e. The van der Waals surface area contributed by atoms with Crippen LogP contribution in [0.15, 0.2) is 36.8 Å². The third-order valence-electron chi connectivity index (χ3n) is 7.08. The molecule has 3 aromatic heterocycles. The molecule has 7 nitrogen and oxygen atoms in total. The summed E-state index contributed by atoms with van der Waals surface area (Å²) in [6, 6.07) is 5.29. The Morgan fingerprint density at radius 2 is 2.22 bits per heavy atom. The Labute approximate surface area is 184 Å². The number of pyridine rings is 1. The minimum absolute atomic E-state index is 0.202. The van der Waals surface area contributed by atoms with Crippen LogP contribution in [0.25, 0.3) is 16.6 Å². The smallest absolute Gasteiger partial charge is 0.257 e. The Bertz CT molecular complexity index is 1390. The fourth-order valence-corrected chi connectivity index (χ4v) is 5.39. The number of piperidine rings is 1. The van der Waals surface area contributed by atoms with Crippen molar-refractivity contribution in [1.29, 1.82) is 0 Å². The Hall–Kier alpha value is -3.26. The average Bonchev–Trinajstić information content (AvgIpc) is 3.16. The summed E-state index contributed by atoms with van der Waals surface area (Å²) in [5, 5.41) is 12.1. The van der Waals surface area contributed by atoms with Gasteiger partial charge in [-0.05, 0) is 57.3 Å². The van der Waals surface area contributed by atoms with Crippen LogP contribution in [0.1, 0.15) is 41.4 Å². The molecular weight excluding hydrogens is 407 g/mol. The SMILES string of the molecule is CCn1cc2c(C34CCNCC3C4)ccc(C(=O)Nc3cc(F)c4nc(C)cn4c3)c2n1. The molecule has 4 aromatic rings. The van der Waals surface area contributed by atoms with Crippen molar-refractivity contribution >= 4 is 28.1 Å². The molecule has 2 fully saturated rings. The van der Waals surface area contributed by atoms with E-state index >= 15 is 0 Å². The van der Waals surface area contributed by atoms with Gasteiger partial charge in [-0.25, -0.2) is 9.37 Å². The lowest BCUT2D eigenvalue weighted by Crippen LogP contribution is -2.31. The van der Waals surface area contributed by atoms with Gasteiger partial charge in [0.25, 0.3) is 5.91 Å². The van der Waals surface area contributed by atoms with Crippen molar-refractivity contribution in [3.05, 3.63) is 59.4 Å². The molecule has 0 spiro atoms. The van der Waals surface area contributed by atoms with E-state index in [0.717, 1.165) is 31.4 Å². The van der Waals surface area contributed by atoms with Gasteiger partial charge in [0, 0.05) is 42.0 Å². The molecule has 1 saturated heterocycles. The standard InChI is InChI=1S/C24H25FN6O/c1-3-31-13-18-19(24-6-7-26-10-15(24)9-24)5-4-17(21(18)29-31)23(32)28-16-8-20(25)22-27-14(2)11-30(22)12-16/h4-5,8,11-13,15,26H,3,6-7,9-10H2,1-2H3,(H,28,32). The number of rotatable bonds is 4. The van der Waals surface area contributed by atoms with E-state index < -0.39 is 5.82 Å². The van der Waals surface area contributed by atoms with Gasteiger partial charge in [-0.3, -0.25) is 9.48 Å². The van der Waals surface area contributed by atoms with E-state index in [4.69, 9.17) is 5.10 Å². The third kappa shape index (κ3) is 2.86. The van der Waals surface area contributed by atoms with Crippen LogP contribution in [0.2, 0.25) is 0 Å². The Kier molecular flexibility index (Phi) is 4.17. The zero-order valence-corrected chi connectivity index (χ0v) is 18.2. The van der Waals surface area contributed by atoms with Gasteiger partial charge in [0.1, 0.15) is 5.52 Å². The van der Waals surface area contributed by atoms with E-state index in [1.807, 2.05) is 17.7 Å². The largest absolute Gasteiger partial charge is 0.320 e. The van der Waals surface area contributed by atoms with Crippen LogP contribution in [-0.2, 0) is 12.0 Å². The molecule has 164 valence electrons. The highest BCUT2D eigenvalue weighted by molar-refractivity contribution is 6.12. The topological polar surface area (TPSA) is 76.2 Å². The number of benzene rings is 1. The van der Waals surface area contributed by atoms with Crippen molar-refractivity contribution in [2.45, 2.75) is 38.6 Å². The number of carbonyl (C=O) groups is 1. The molecule has 0 bridgehead atoms. The molecule has 6 rings (SSSR count). The van der Waals surface area contributed by atoms with Gasteiger partial charge in [-0.2, -0.15) is 5.10 Å². The Morgan fingerprint density at radius 3 is 3.03 bits per heavy atom. The summed E-state index contributed by atoms with van der Waals surface area (Å²) in [6.45, 7) is 6.64. The number of amides is 1. The predicted molar refractivity (Wildman–Crippen MR) is 121 cm³/mol. The van der Waals surface area contributed by atoms with E-state index in [-0.39, 0.29) is 17.0 Å². The first kappa shape index (κ1) is 19.4. The minimum atomic E-state index is -0.476. The second kappa shape index (κ2) is 6.87. The van der Waals surface area contributed by atoms with Gasteiger partial charge in [-0.1, -0.05) is 6.07 Å². The molecule has 2 unspecified atom stereocenters. The molecule has 32 heavy (non-hydrogen) atoms. The van der Waals surface area contributed by atoms with E-state index in [1.54, 1.807) is 23.7 Å². The number of aryl methyl sites for hydroxylation is 2. The average molecular weight is 433 g/mol. The summed E-state index contributed by atoms with van der Waals surface area (Å²) in [6.07, 6.45) is 7.76. The summed E-state index contributed by atoms with van der Waals surface area (Å²) >= 11 is 0. The fourth-order valence-electron chi connectivity index (χ4n) is 5.39. The monoisotopic (exact) mass is 432 g/mol. The molecule has 0 radical (unpaired) electrons. The van der Waals surface area contributed by atoms with Gasteiger partial charge >= 0.3 is 0 Å². The Morgan fingerprint density at radius 1 is 1.34 bits per heavy atom. The first-order valence-electron chi connectivity index (χ1n) is 11.2.